The van der Waals surface area contributed by atoms with E-state index in [1.165, 1.54) is 70.1 Å². The lowest BCUT2D eigenvalue weighted by molar-refractivity contribution is 0.660. The van der Waals surface area contributed by atoms with Crippen LogP contribution in [0.1, 0.15) is 25.0 Å². The van der Waals surface area contributed by atoms with Crippen molar-refractivity contribution in [2.45, 2.75) is 19.3 Å². The van der Waals surface area contributed by atoms with Gasteiger partial charge in [-0.15, -0.1) is 11.3 Å². The highest BCUT2D eigenvalue weighted by atomic mass is 32.1. The summed E-state index contributed by atoms with van der Waals surface area (Å²) in [6.07, 6.45) is 0. The predicted molar refractivity (Wildman–Crippen MR) is 247 cm³/mol. The van der Waals surface area contributed by atoms with Crippen LogP contribution in [-0.2, 0) is 5.41 Å². The number of thiophene rings is 1. The maximum absolute atomic E-state index is 6.90. The molecule has 2 heterocycles. The highest BCUT2D eigenvalue weighted by molar-refractivity contribution is 7.25. The summed E-state index contributed by atoms with van der Waals surface area (Å²) in [5, 5.41) is 7.13. The third-order valence-electron chi connectivity index (χ3n) is 12.4. The topological polar surface area (TPSA) is 16.4 Å². The van der Waals surface area contributed by atoms with Crippen LogP contribution < -0.4 is 4.90 Å². The number of nitrogens with zero attached hydrogens (tertiary/aromatic N) is 1. The van der Waals surface area contributed by atoms with E-state index < -0.39 is 0 Å². The van der Waals surface area contributed by atoms with Gasteiger partial charge in [-0.1, -0.05) is 141 Å². The lowest BCUT2D eigenvalue weighted by Gasteiger charge is -2.28. The van der Waals surface area contributed by atoms with E-state index in [0.717, 1.165) is 44.4 Å². The summed E-state index contributed by atoms with van der Waals surface area (Å²) >= 11 is 1.87. The zero-order valence-corrected chi connectivity index (χ0v) is 33.0. The molecule has 9 aromatic carbocycles. The molecule has 0 atom stereocenters. The van der Waals surface area contributed by atoms with Crippen LogP contribution in [0.2, 0.25) is 0 Å². The first-order valence-corrected chi connectivity index (χ1v) is 20.8. The Labute approximate surface area is 340 Å². The average molecular weight is 760 g/mol. The fraction of sp³-hybridized carbons (Fsp3) is 0.0545. The van der Waals surface area contributed by atoms with Gasteiger partial charge in [-0.2, -0.15) is 0 Å². The van der Waals surface area contributed by atoms with Gasteiger partial charge in [0.25, 0.3) is 0 Å². The van der Waals surface area contributed by atoms with Crippen LogP contribution in [0.4, 0.5) is 17.1 Å². The monoisotopic (exact) mass is 759 g/mol. The van der Waals surface area contributed by atoms with Crippen LogP contribution >= 0.6 is 11.3 Å². The Balaban J connectivity index is 1.06. The molecule has 0 aliphatic heterocycles. The molecule has 11 aromatic rings. The average Bonchev–Trinajstić information content (AvgIpc) is 3.92. The largest absolute Gasteiger partial charge is 0.455 e. The zero-order valence-electron chi connectivity index (χ0n) is 32.2. The molecular weight excluding hydrogens is 723 g/mol. The SMILES string of the molecule is CC1(C)c2ccccc2-c2ccc(N(c3ccccc3)c3cccc4oc5c6ccccc6c(-c6cccc(-c7ccc8c(c7)sc7ccccc78)c6)cc5c34)cc21. The Bertz CT molecular complexity index is 3440. The number of anilines is 3. The van der Waals surface area contributed by atoms with Gasteiger partial charge in [0.1, 0.15) is 11.2 Å². The molecule has 0 N–H and O–H groups in total. The molecule has 0 radical (unpaired) electrons. The molecule has 3 heteroatoms. The number of benzene rings is 9. The molecule has 1 aliphatic carbocycles. The van der Waals surface area contributed by atoms with E-state index in [4.69, 9.17) is 4.42 Å². The van der Waals surface area contributed by atoms with Gasteiger partial charge in [0.2, 0.25) is 0 Å². The van der Waals surface area contributed by atoms with Crippen LogP contribution in [0.25, 0.3) is 86.3 Å². The summed E-state index contributed by atoms with van der Waals surface area (Å²) in [7, 11) is 0. The molecular formula is C55H37NOS. The first-order chi connectivity index (χ1) is 28.5. The van der Waals surface area contributed by atoms with Gasteiger partial charge >= 0.3 is 0 Å². The van der Waals surface area contributed by atoms with E-state index >= 15 is 0 Å². The molecule has 274 valence electrons. The van der Waals surface area contributed by atoms with Crippen LogP contribution in [0, 0.1) is 0 Å². The van der Waals surface area contributed by atoms with Crippen LogP contribution in [0.5, 0.6) is 0 Å². The normalized spacial score (nSPS) is 13.1. The second kappa shape index (κ2) is 12.5. The molecule has 58 heavy (non-hydrogen) atoms. The van der Waals surface area contributed by atoms with Crippen LogP contribution in [0.15, 0.2) is 192 Å². The smallest absolute Gasteiger partial charge is 0.143 e. The van der Waals surface area contributed by atoms with Crippen molar-refractivity contribution < 1.29 is 4.42 Å². The standard InChI is InChI=1S/C55H37NOS/c1-55(2)47-22-10-8-19-40(47)41-29-27-38(32-48(41)55)56(37-16-4-3-5-17-37)49-23-13-24-50-53(49)46-33-45(39-18-6-7-21-44(39)54(46)57-50)36-15-12-14-34(30-36)35-26-28-43-42-20-9-11-25-51(42)58-52(43)31-35/h3-33H,1-2H3. The third kappa shape index (κ3) is 4.90. The fourth-order valence-electron chi connectivity index (χ4n) is 9.66. The van der Waals surface area contributed by atoms with E-state index in [1.807, 2.05) is 11.3 Å². The van der Waals surface area contributed by atoms with Crippen molar-refractivity contribution in [2.24, 2.45) is 0 Å². The molecule has 0 saturated carbocycles. The molecule has 0 spiro atoms. The second-order valence-electron chi connectivity index (χ2n) is 16.1. The van der Waals surface area contributed by atoms with E-state index in [1.54, 1.807) is 0 Å². The molecule has 0 unspecified atom stereocenters. The molecule has 0 bridgehead atoms. The highest BCUT2D eigenvalue weighted by Gasteiger charge is 2.36. The summed E-state index contributed by atoms with van der Waals surface area (Å²) in [5.41, 5.74) is 15.1. The van der Waals surface area contributed by atoms with E-state index in [0.29, 0.717) is 0 Å². The molecule has 0 saturated heterocycles. The lowest BCUT2D eigenvalue weighted by Crippen LogP contribution is -2.16. The molecule has 12 rings (SSSR count). The van der Waals surface area contributed by atoms with Crippen molar-refractivity contribution in [2.75, 3.05) is 4.90 Å². The maximum atomic E-state index is 6.90. The van der Waals surface area contributed by atoms with Crippen molar-refractivity contribution in [1.29, 1.82) is 0 Å². The molecule has 2 aromatic heterocycles. The number of fused-ring (bicyclic) bond motifs is 11. The minimum atomic E-state index is -0.120. The van der Waals surface area contributed by atoms with Crippen LogP contribution in [0.3, 0.4) is 0 Å². The minimum Gasteiger partial charge on any atom is -0.455 e. The highest BCUT2D eigenvalue weighted by Crippen LogP contribution is 2.52. The van der Waals surface area contributed by atoms with Crippen molar-refractivity contribution in [3.8, 4) is 33.4 Å². The summed E-state index contributed by atoms with van der Waals surface area (Å²) in [4.78, 5) is 2.41. The number of rotatable bonds is 5. The van der Waals surface area contributed by atoms with Crippen molar-refractivity contribution >= 4 is 81.3 Å². The van der Waals surface area contributed by atoms with Crippen LogP contribution in [-0.4, -0.2) is 0 Å². The van der Waals surface area contributed by atoms with Crippen molar-refractivity contribution in [3.05, 3.63) is 199 Å². The van der Waals surface area contributed by atoms with E-state index in [9.17, 15) is 0 Å². The zero-order chi connectivity index (χ0) is 38.5. The number of hydrogen-bond donors (Lipinski definition) is 0. The Morgan fingerprint density at radius 2 is 1.14 bits per heavy atom. The Morgan fingerprint density at radius 1 is 0.431 bits per heavy atom. The fourth-order valence-corrected chi connectivity index (χ4v) is 10.8. The number of furan rings is 1. The first kappa shape index (κ1) is 33.2. The lowest BCUT2D eigenvalue weighted by atomic mass is 9.82. The molecule has 2 nitrogen and oxygen atoms in total. The van der Waals surface area contributed by atoms with Gasteiger partial charge in [0.05, 0.1) is 11.1 Å². The van der Waals surface area contributed by atoms with Crippen molar-refractivity contribution in [1.82, 2.24) is 0 Å². The van der Waals surface area contributed by atoms with Gasteiger partial charge in [-0.25, -0.2) is 0 Å². The summed E-state index contributed by atoms with van der Waals surface area (Å²) in [6.45, 7) is 4.70. The van der Waals surface area contributed by atoms with Gasteiger partial charge in [-0.3, -0.25) is 0 Å². The predicted octanol–water partition coefficient (Wildman–Crippen LogP) is 16.2. The summed E-state index contributed by atoms with van der Waals surface area (Å²) in [5.74, 6) is 0. The van der Waals surface area contributed by atoms with Gasteiger partial charge in [-0.05, 0) is 111 Å². The van der Waals surface area contributed by atoms with E-state index in [-0.39, 0.29) is 5.41 Å². The van der Waals surface area contributed by atoms with Gasteiger partial charge in [0.15, 0.2) is 0 Å². The molecule has 1 aliphatic rings. The Kier molecular flexibility index (Phi) is 7.18. The van der Waals surface area contributed by atoms with Gasteiger partial charge in [0, 0.05) is 47.7 Å². The molecule has 0 amide bonds. The van der Waals surface area contributed by atoms with Gasteiger partial charge < -0.3 is 9.32 Å². The first-order valence-electron chi connectivity index (χ1n) is 20.0. The number of hydrogen-bond acceptors (Lipinski definition) is 3. The van der Waals surface area contributed by atoms with Crippen molar-refractivity contribution in [3.63, 3.8) is 0 Å². The summed E-state index contributed by atoms with van der Waals surface area (Å²) < 4.78 is 9.54. The minimum absolute atomic E-state index is 0.120. The third-order valence-corrected chi connectivity index (χ3v) is 13.6. The Hall–Kier alpha value is -6.94. The summed E-state index contributed by atoms with van der Waals surface area (Å²) in [6, 6.07) is 68.8. The second-order valence-corrected chi connectivity index (χ2v) is 17.1. The Morgan fingerprint density at radius 3 is 2.03 bits per heavy atom. The number of para-hydroxylation sites is 1. The maximum Gasteiger partial charge on any atom is 0.143 e. The quantitative estimate of drug-likeness (QED) is 0.174. The molecule has 0 fully saturated rings. The van der Waals surface area contributed by atoms with E-state index in [2.05, 4.69) is 207 Å².